The Labute approximate surface area is 251 Å². The maximum atomic E-state index is 13.7. The van der Waals surface area contributed by atoms with E-state index in [9.17, 15) is 14.7 Å². The largest absolute Gasteiger partial charge is 0.390 e. The molecule has 2 N–H and O–H groups in total. The molecule has 0 radical (unpaired) electrons. The third kappa shape index (κ3) is 6.81. The number of likely N-dealkylation sites (tertiary alicyclic amines) is 1. The van der Waals surface area contributed by atoms with Gasteiger partial charge in [0.05, 0.1) is 17.5 Å². The van der Waals surface area contributed by atoms with Crippen LogP contribution >= 0.6 is 12.4 Å². The highest BCUT2D eigenvalue weighted by Gasteiger charge is 2.48. The van der Waals surface area contributed by atoms with E-state index in [2.05, 4.69) is 43.1 Å². The van der Waals surface area contributed by atoms with E-state index in [-0.39, 0.29) is 36.1 Å². The van der Waals surface area contributed by atoms with Crippen LogP contribution in [0.1, 0.15) is 81.7 Å². The Bertz CT molecular complexity index is 1160. The minimum absolute atomic E-state index is 0. The van der Waals surface area contributed by atoms with E-state index in [0.717, 1.165) is 88.1 Å². The molecular weight excluding hydrogens is 538 g/mol. The predicted octanol–water partition coefficient (Wildman–Crippen LogP) is 4.56. The molecule has 5 rings (SSSR count). The smallest absolute Gasteiger partial charge is 0.248 e. The first-order valence-electron chi connectivity index (χ1n) is 15.5. The Morgan fingerprint density at radius 1 is 1.02 bits per heavy atom. The van der Waals surface area contributed by atoms with Crippen LogP contribution in [0.15, 0.2) is 30.3 Å². The number of para-hydroxylation sites is 1. The number of rotatable bonds is 9. The van der Waals surface area contributed by atoms with Crippen LogP contribution in [0.3, 0.4) is 0 Å². The Kier molecular flexibility index (Phi) is 10.9. The van der Waals surface area contributed by atoms with Crippen LogP contribution in [-0.2, 0) is 16.1 Å². The summed E-state index contributed by atoms with van der Waals surface area (Å²) in [6.07, 6.45) is 7.99. The van der Waals surface area contributed by atoms with Gasteiger partial charge in [-0.25, -0.2) is 4.68 Å². The summed E-state index contributed by atoms with van der Waals surface area (Å²) in [6.45, 7) is 9.51. The van der Waals surface area contributed by atoms with Crippen LogP contribution in [-0.4, -0.2) is 74.3 Å². The Morgan fingerprint density at radius 2 is 1.71 bits per heavy atom. The van der Waals surface area contributed by atoms with Crippen molar-refractivity contribution in [2.45, 2.75) is 103 Å². The van der Waals surface area contributed by atoms with Gasteiger partial charge in [0, 0.05) is 24.3 Å². The third-order valence-corrected chi connectivity index (χ3v) is 9.58. The molecule has 3 atom stereocenters. The molecule has 3 aliphatic rings. The van der Waals surface area contributed by atoms with Gasteiger partial charge in [0.15, 0.2) is 0 Å². The summed E-state index contributed by atoms with van der Waals surface area (Å²) in [4.78, 5) is 31.6. The number of nitrogens with zero attached hydrogens (tertiary/aromatic N) is 4. The van der Waals surface area contributed by atoms with Gasteiger partial charge in [0.2, 0.25) is 11.8 Å². The van der Waals surface area contributed by atoms with Crippen molar-refractivity contribution < 1.29 is 14.7 Å². The monoisotopic (exact) mass is 585 g/mol. The summed E-state index contributed by atoms with van der Waals surface area (Å²) in [6, 6.07) is 8.98. The van der Waals surface area contributed by atoms with Crippen LogP contribution in [0.2, 0.25) is 0 Å². The van der Waals surface area contributed by atoms with Gasteiger partial charge in [-0.2, -0.15) is 5.10 Å². The number of benzene rings is 1. The number of hydrogen-bond donors (Lipinski definition) is 2. The first-order chi connectivity index (χ1) is 19.4. The quantitative estimate of drug-likeness (QED) is 0.450. The lowest BCUT2D eigenvalue weighted by molar-refractivity contribution is -0.157. The van der Waals surface area contributed by atoms with Crippen LogP contribution in [0.4, 0.5) is 0 Å². The van der Waals surface area contributed by atoms with Crippen molar-refractivity contribution in [3.05, 3.63) is 47.3 Å². The van der Waals surface area contributed by atoms with E-state index >= 15 is 0 Å². The van der Waals surface area contributed by atoms with Crippen LogP contribution in [0.5, 0.6) is 0 Å². The van der Waals surface area contributed by atoms with E-state index in [0.29, 0.717) is 6.54 Å². The number of halogens is 1. The molecule has 226 valence electrons. The number of piperazine rings is 1. The lowest BCUT2D eigenvalue weighted by Crippen LogP contribution is -2.69. The highest BCUT2D eigenvalue weighted by atomic mass is 35.5. The second-order valence-electron chi connectivity index (χ2n) is 12.2. The van der Waals surface area contributed by atoms with Crippen LogP contribution < -0.4 is 5.32 Å². The summed E-state index contributed by atoms with van der Waals surface area (Å²) in [5.74, 6) is 0.0519. The molecule has 2 saturated heterocycles. The van der Waals surface area contributed by atoms with Gasteiger partial charge in [0.1, 0.15) is 12.1 Å². The maximum absolute atomic E-state index is 13.7. The average Bonchev–Trinajstić information content (AvgIpc) is 3.26. The second kappa shape index (κ2) is 14.2. The molecule has 2 amide bonds. The summed E-state index contributed by atoms with van der Waals surface area (Å²) < 4.78 is 2.03. The van der Waals surface area contributed by atoms with Crippen molar-refractivity contribution in [3.63, 3.8) is 0 Å². The number of piperidine rings is 1. The number of aryl methyl sites for hydroxylation is 1. The number of carbonyl (C=O) groups excluding carboxylic acids is 2. The molecule has 8 nitrogen and oxygen atoms in total. The zero-order valence-corrected chi connectivity index (χ0v) is 25.7. The second-order valence-corrected chi connectivity index (χ2v) is 12.2. The van der Waals surface area contributed by atoms with E-state index in [1.807, 2.05) is 27.8 Å². The van der Waals surface area contributed by atoms with Gasteiger partial charge in [-0.15, -0.1) is 12.4 Å². The number of amides is 2. The molecule has 1 saturated carbocycles. The molecule has 1 aromatic heterocycles. The minimum Gasteiger partial charge on any atom is -0.390 e. The molecule has 2 aromatic rings. The highest BCUT2D eigenvalue weighted by molar-refractivity contribution is 5.97. The zero-order chi connectivity index (χ0) is 28.2. The molecular formula is C32H48ClN5O3. The van der Waals surface area contributed by atoms with Gasteiger partial charge in [-0.1, -0.05) is 50.8 Å². The van der Waals surface area contributed by atoms with E-state index in [1.165, 1.54) is 12.0 Å². The maximum Gasteiger partial charge on any atom is 0.248 e. The first-order valence-corrected chi connectivity index (χ1v) is 15.5. The Morgan fingerprint density at radius 3 is 2.37 bits per heavy atom. The standard InChI is InChI=1S/C32H47N5O3.ClH/c1-4-5-18-36-29(31(39)33-28(32(36)40)30(38)25-12-8-6-9-13-25)24-16-19-35(20-17-24)21-27-22(2)34-37(23(27)3)26-14-10-7-11-15-26;/h7,10-11,14-15,24-25,28-30,38H,4-6,8-9,12-13,16-21H2,1-3H3,(H,33,39);1H/t28-,29?,30?;/m1./s1. The SMILES string of the molecule is CCCCN1C(=O)[C@@H](C(O)C2CCCCC2)NC(=O)C1C1CCN(Cc2c(C)nn(-c3ccccc3)c2C)CC1.Cl. The van der Waals surface area contributed by atoms with Gasteiger partial charge >= 0.3 is 0 Å². The number of unbranched alkanes of at least 4 members (excludes halogenated alkanes) is 1. The average molecular weight is 586 g/mol. The lowest BCUT2D eigenvalue weighted by Gasteiger charge is -2.46. The van der Waals surface area contributed by atoms with Crippen molar-refractivity contribution in [2.24, 2.45) is 11.8 Å². The molecule has 3 fully saturated rings. The summed E-state index contributed by atoms with van der Waals surface area (Å²) >= 11 is 0. The van der Waals surface area contributed by atoms with E-state index in [1.54, 1.807) is 0 Å². The fourth-order valence-electron chi connectivity index (χ4n) is 7.16. The predicted molar refractivity (Wildman–Crippen MR) is 163 cm³/mol. The summed E-state index contributed by atoms with van der Waals surface area (Å²) in [5.41, 5.74) is 4.54. The number of carbonyl (C=O) groups is 2. The molecule has 1 aliphatic carbocycles. The van der Waals surface area contributed by atoms with E-state index in [4.69, 9.17) is 5.10 Å². The number of nitrogens with one attached hydrogen (secondary N) is 1. The van der Waals surface area contributed by atoms with Crippen molar-refractivity contribution in [3.8, 4) is 5.69 Å². The normalized spacial score (nSPS) is 23.8. The molecule has 1 aromatic carbocycles. The van der Waals surface area contributed by atoms with Crippen molar-refractivity contribution in [2.75, 3.05) is 19.6 Å². The molecule has 9 heteroatoms. The third-order valence-electron chi connectivity index (χ3n) is 9.58. The number of hydrogen-bond acceptors (Lipinski definition) is 5. The van der Waals surface area contributed by atoms with Gasteiger partial charge < -0.3 is 15.3 Å². The van der Waals surface area contributed by atoms with Gasteiger partial charge in [0.25, 0.3) is 0 Å². The summed E-state index contributed by atoms with van der Waals surface area (Å²) in [7, 11) is 0. The Balaban J connectivity index is 0.00000387. The zero-order valence-electron chi connectivity index (χ0n) is 24.9. The number of aliphatic hydroxyl groups excluding tert-OH is 1. The topological polar surface area (TPSA) is 90.7 Å². The summed E-state index contributed by atoms with van der Waals surface area (Å²) in [5, 5.41) is 19.0. The fourth-order valence-corrected chi connectivity index (χ4v) is 7.16. The molecule has 2 aliphatic heterocycles. The van der Waals surface area contributed by atoms with Crippen molar-refractivity contribution in [1.29, 1.82) is 0 Å². The fraction of sp³-hybridized carbons (Fsp3) is 0.656. The van der Waals surface area contributed by atoms with Crippen molar-refractivity contribution in [1.82, 2.24) is 24.9 Å². The lowest BCUT2D eigenvalue weighted by atomic mass is 9.80. The van der Waals surface area contributed by atoms with Gasteiger partial charge in [-0.3, -0.25) is 14.5 Å². The highest BCUT2D eigenvalue weighted by Crippen LogP contribution is 2.33. The first kappa shape index (κ1) is 31.5. The Hall–Kier alpha value is -2.42. The van der Waals surface area contributed by atoms with Crippen LogP contribution in [0.25, 0.3) is 5.69 Å². The minimum atomic E-state index is -0.809. The number of aromatic nitrogens is 2. The molecule has 0 bridgehead atoms. The van der Waals surface area contributed by atoms with E-state index < -0.39 is 18.2 Å². The molecule has 2 unspecified atom stereocenters. The van der Waals surface area contributed by atoms with Crippen LogP contribution in [0, 0.1) is 25.7 Å². The van der Waals surface area contributed by atoms with Gasteiger partial charge in [-0.05, 0) is 83.0 Å². The molecule has 3 heterocycles. The molecule has 0 spiro atoms. The van der Waals surface area contributed by atoms with Crippen molar-refractivity contribution >= 4 is 24.2 Å². The molecule has 41 heavy (non-hydrogen) atoms. The number of aliphatic hydroxyl groups is 1.